The van der Waals surface area contributed by atoms with E-state index in [2.05, 4.69) is 18.8 Å². The molecule has 84 valence electrons. The number of carbonyl (C=O) groups is 1. The van der Waals surface area contributed by atoms with Gasteiger partial charge in [0.15, 0.2) is 0 Å². The van der Waals surface area contributed by atoms with Gasteiger partial charge in [-0.05, 0) is 5.92 Å². The lowest BCUT2D eigenvalue weighted by atomic mass is 10.2. The lowest BCUT2D eigenvalue weighted by molar-refractivity contribution is -0.701. The Kier molecular flexibility index (Phi) is 2.85. The first-order valence-electron chi connectivity index (χ1n) is 5.26. The van der Waals surface area contributed by atoms with Crippen LogP contribution in [0.4, 0.5) is 4.79 Å². The highest BCUT2D eigenvalue weighted by atomic mass is 16.2. The minimum absolute atomic E-state index is 0.125. The summed E-state index contributed by atoms with van der Waals surface area (Å²) in [6.45, 7) is 5.19. The highest BCUT2D eigenvalue weighted by Gasteiger charge is 2.14. The van der Waals surface area contributed by atoms with Crippen molar-refractivity contribution in [2.45, 2.75) is 20.4 Å². The van der Waals surface area contributed by atoms with Crippen LogP contribution in [0, 0.1) is 5.92 Å². The van der Waals surface area contributed by atoms with Crippen molar-refractivity contribution in [2.24, 2.45) is 5.92 Å². The molecule has 5 nitrogen and oxygen atoms in total. The second kappa shape index (κ2) is 4.30. The average Bonchev–Trinajstić information content (AvgIpc) is 2.84. The van der Waals surface area contributed by atoms with Gasteiger partial charge in [0.2, 0.25) is 0 Å². The van der Waals surface area contributed by atoms with Gasteiger partial charge in [-0.25, -0.2) is 18.9 Å². The van der Waals surface area contributed by atoms with E-state index >= 15 is 0 Å². The van der Waals surface area contributed by atoms with E-state index in [1.807, 2.05) is 10.8 Å². The zero-order chi connectivity index (χ0) is 11.5. The highest BCUT2D eigenvalue weighted by molar-refractivity contribution is 5.78. The predicted molar refractivity (Wildman–Crippen MR) is 57.9 cm³/mol. The quantitative estimate of drug-likeness (QED) is 0.711. The van der Waals surface area contributed by atoms with Crippen molar-refractivity contribution >= 4 is 6.03 Å². The maximum atomic E-state index is 11.9. The Morgan fingerprint density at radius 3 is 2.81 bits per heavy atom. The highest BCUT2D eigenvalue weighted by Crippen LogP contribution is 1.94. The van der Waals surface area contributed by atoms with E-state index in [0.717, 1.165) is 6.54 Å². The smallest absolute Gasteiger partial charge is 0.245 e. The largest absolute Gasteiger partial charge is 0.425 e. The Balaban J connectivity index is 2.16. The molecule has 2 aromatic heterocycles. The number of nitrogens with zero attached hydrogens (tertiary/aromatic N) is 4. The number of hydrogen-bond acceptors (Lipinski definition) is 2. The maximum Gasteiger partial charge on any atom is 0.425 e. The molecule has 0 unspecified atom stereocenters. The van der Waals surface area contributed by atoms with Gasteiger partial charge in [0.05, 0.1) is 6.54 Å². The van der Waals surface area contributed by atoms with E-state index in [0.29, 0.717) is 5.92 Å². The molecule has 0 saturated heterocycles. The SMILES string of the molecule is CC(C)C[n+]1ccn(C(=O)n2ccnc2)c1. The molecule has 0 radical (unpaired) electrons. The topological polar surface area (TPSA) is 43.7 Å². The number of carbonyl (C=O) groups excluding carboxylic acids is 1. The summed E-state index contributed by atoms with van der Waals surface area (Å²) in [5.74, 6) is 0.559. The second-order valence-corrected chi connectivity index (χ2v) is 4.16. The fourth-order valence-electron chi connectivity index (χ4n) is 1.54. The predicted octanol–water partition coefficient (Wildman–Crippen LogP) is 1.14. The summed E-state index contributed by atoms with van der Waals surface area (Å²) in [5.41, 5.74) is 0. The van der Waals surface area contributed by atoms with Gasteiger partial charge in [-0.2, -0.15) is 4.57 Å². The molecule has 0 aliphatic carbocycles. The summed E-state index contributed by atoms with van der Waals surface area (Å²) in [6, 6.07) is -0.125. The molecule has 0 aliphatic heterocycles. The van der Waals surface area contributed by atoms with Crippen LogP contribution >= 0.6 is 0 Å². The van der Waals surface area contributed by atoms with E-state index in [9.17, 15) is 4.79 Å². The van der Waals surface area contributed by atoms with Gasteiger partial charge in [-0.15, -0.1) is 0 Å². The summed E-state index contributed by atoms with van der Waals surface area (Å²) in [4.78, 5) is 15.7. The molecular formula is C11H15N4O+. The van der Waals surface area contributed by atoms with Crippen LogP contribution in [0.25, 0.3) is 0 Å². The fourth-order valence-corrected chi connectivity index (χ4v) is 1.54. The first-order chi connectivity index (χ1) is 7.66. The first kappa shape index (κ1) is 10.6. The van der Waals surface area contributed by atoms with Crippen molar-refractivity contribution in [2.75, 3.05) is 0 Å². The third kappa shape index (κ3) is 2.18. The van der Waals surface area contributed by atoms with Crippen LogP contribution in [0.2, 0.25) is 0 Å². The minimum Gasteiger partial charge on any atom is -0.245 e. The lowest BCUT2D eigenvalue weighted by Crippen LogP contribution is -2.34. The number of aromatic nitrogens is 4. The monoisotopic (exact) mass is 219 g/mol. The summed E-state index contributed by atoms with van der Waals surface area (Å²) < 4.78 is 4.99. The fraction of sp³-hybridized carbons (Fsp3) is 0.364. The number of imidazole rings is 2. The van der Waals surface area contributed by atoms with Crippen molar-refractivity contribution in [3.05, 3.63) is 37.4 Å². The summed E-state index contributed by atoms with van der Waals surface area (Å²) in [5, 5.41) is 0. The van der Waals surface area contributed by atoms with Gasteiger partial charge in [-0.1, -0.05) is 13.8 Å². The molecule has 2 rings (SSSR count). The molecule has 0 bridgehead atoms. The molecule has 0 atom stereocenters. The molecule has 0 saturated carbocycles. The molecule has 0 aromatic carbocycles. The molecule has 0 spiro atoms. The van der Waals surface area contributed by atoms with Gasteiger partial charge in [0.1, 0.15) is 18.7 Å². The minimum atomic E-state index is -0.125. The number of hydrogen-bond donors (Lipinski definition) is 0. The van der Waals surface area contributed by atoms with Gasteiger partial charge in [0.25, 0.3) is 6.33 Å². The van der Waals surface area contributed by atoms with E-state index in [4.69, 9.17) is 0 Å². The molecule has 0 N–H and O–H groups in total. The molecular weight excluding hydrogens is 204 g/mol. The average molecular weight is 219 g/mol. The van der Waals surface area contributed by atoms with Gasteiger partial charge < -0.3 is 0 Å². The van der Waals surface area contributed by atoms with Crippen molar-refractivity contribution in [1.29, 1.82) is 0 Å². The molecule has 0 fully saturated rings. The zero-order valence-electron chi connectivity index (χ0n) is 9.45. The molecule has 0 aliphatic rings. The second-order valence-electron chi connectivity index (χ2n) is 4.16. The third-order valence-corrected chi connectivity index (χ3v) is 2.21. The van der Waals surface area contributed by atoms with Crippen LogP contribution in [-0.2, 0) is 6.54 Å². The van der Waals surface area contributed by atoms with Crippen LogP contribution < -0.4 is 4.57 Å². The molecule has 0 amide bonds. The molecule has 5 heteroatoms. The summed E-state index contributed by atoms with van der Waals surface area (Å²) >= 11 is 0. The standard InChI is InChI=1S/C11H15N4O/c1-10(2)7-13-5-6-15(9-13)11(16)14-4-3-12-8-14/h3-6,8-10H,7H2,1-2H3/q+1. The van der Waals surface area contributed by atoms with Gasteiger partial charge in [-0.3, -0.25) is 0 Å². The molecule has 2 aromatic rings. The Hall–Kier alpha value is -1.91. The van der Waals surface area contributed by atoms with E-state index in [1.165, 1.54) is 10.9 Å². The van der Waals surface area contributed by atoms with Crippen molar-refractivity contribution in [3.63, 3.8) is 0 Å². The van der Waals surface area contributed by atoms with Crippen LogP contribution in [0.15, 0.2) is 37.4 Å². The normalized spacial score (nSPS) is 10.9. The third-order valence-electron chi connectivity index (χ3n) is 2.21. The summed E-state index contributed by atoms with van der Waals surface area (Å²) in [7, 11) is 0. The number of rotatable bonds is 2. The first-order valence-corrected chi connectivity index (χ1v) is 5.26. The van der Waals surface area contributed by atoms with Gasteiger partial charge >= 0.3 is 6.03 Å². The van der Waals surface area contributed by atoms with Gasteiger partial charge in [0, 0.05) is 12.4 Å². The zero-order valence-corrected chi connectivity index (χ0v) is 9.45. The Bertz CT molecular complexity index is 470. The Labute approximate surface area is 94.0 Å². The van der Waals surface area contributed by atoms with Crippen LogP contribution in [0.5, 0.6) is 0 Å². The molecule has 2 heterocycles. The summed E-state index contributed by atoms with van der Waals surface area (Å²) in [6.07, 6.45) is 10.2. The van der Waals surface area contributed by atoms with E-state index < -0.39 is 0 Å². The van der Waals surface area contributed by atoms with Crippen LogP contribution in [-0.4, -0.2) is 20.1 Å². The van der Waals surface area contributed by atoms with Crippen molar-refractivity contribution in [1.82, 2.24) is 14.1 Å². The van der Waals surface area contributed by atoms with Crippen LogP contribution in [0.3, 0.4) is 0 Å². The maximum absolute atomic E-state index is 11.9. The van der Waals surface area contributed by atoms with Crippen molar-refractivity contribution < 1.29 is 9.36 Å². The van der Waals surface area contributed by atoms with Crippen LogP contribution in [0.1, 0.15) is 13.8 Å². The Morgan fingerprint density at radius 2 is 2.19 bits per heavy atom. The van der Waals surface area contributed by atoms with E-state index in [1.54, 1.807) is 29.5 Å². The lowest BCUT2D eigenvalue weighted by Gasteiger charge is -1.98. The van der Waals surface area contributed by atoms with Crippen molar-refractivity contribution in [3.8, 4) is 0 Å². The van der Waals surface area contributed by atoms with E-state index in [-0.39, 0.29) is 6.03 Å². The molecule has 16 heavy (non-hydrogen) atoms. The Morgan fingerprint density at radius 1 is 1.38 bits per heavy atom.